The van der Waals surface area contributed by atoms with Gasteiger partial charge in [-0.2, -0.15) is 0 Å². The monoisotopic (exact) mass is 295 g/mol. The van der Waals surface area contributed by atoms with Gasteiger partial charge in [-0.25, -0.2) is 0 Å². The third-order valence-corrected chi connectivity index (χ3v) is 3.92. The van der Waals surface area contributed by atoms with E-state index in [0.717, 1.165) is 12.2 Å². The maximum absolute atomic E-state index is 8.66. The topological polar surface area (TPSA) is 61.8 Å². The summed E-state index contributed by atoms with van der Waals surface area (Å²) in [6.07, 6.45) is 0. The maximum Gasteiger partial charge on any atom is 0.171 e. The van der Waals surface area contributed by atoms with Crippen molar-refractivity contribution in [2.45, 2.75) is 6.54 Å². The van der Waals surface area contributed by atoms with Crippen LogP contribution in [0.4, 0.5) is 5.69 Å². The summed E-state index contributed by atoms with van der Waals surface area (Å²) in [5.41, 5.74) is 7.04. The molecule has 19 heavy (non-hydrogen) atoms. The number of benzene rings is 1. The van der Waals surface area contributed by atoms with Gasteiger partial charge in [0.15, 0.2) is 5.84 Å². The summed E-state index contributed by atoms with van der Waals surface area (Å²) in [4.78, 5) is 3.37. The second-order valence-corrected chi connectivity index (χ2v) is 5.52. The summed E-state index contributed by atoms with van der Waals surface area (Å²) in [6, 6.07) is 9.57. The number of hydrogen-bond donors (Lipinski definition) is 2. The van der Waals surface area contributed by atoms with Gasteiger partial charge in [-0.15, -0.1) is 11.3 Å². The van der Waals surface area contributed by atoms with E-state index in [1.54, 1.807) is 17.4 Å². The van der Waals surface area contributed by atoms with E-state index in [1.807, 2.05) is 25.2 Å². The minimum absolute atomic E-state index is 0.0115. The van der Waals surface area contributed by atoms with Crippen LogP contribution in [0.25, 0.3) is 0 Å². The predicted octanol–water partition coefficient (Wildman–Crippen LogP) is 3.13. The predicted molar refractivity (Wildman–Crippen MR) is 80.4 cm³/mol. The van der Waals surface area contributed by atoms with Crippen LogP contribution < -0.4 is 10.6 Å². The zero-order valence-corrected chi connectivity index (χ0v) is 11.9. The molecule has 2 rings (SSSR count). The van der Waals surface area contributed by atoms with Crippen molar-refractivity contribution in [3.05, 3.63) is 51.2 Å². The van der Waals surface area contributed by atoms with Crippen LogP contribution in [0, 0.1) is 0 Å². The molecule has 0 aliphatic rings. The van der Waals surface area contributed by atoms with Crippen LogP contribution in [0.15, 0.2) is 40.9 Å². The number of thiophene rings is 1. The Bertz CT molecular complexity index is 584. The summed E-state index contributed by atoms with van der Waals surface area (Å²) in [7, 11) is 1.99. The van der Waals surface area contributed by atoms with Gasteiger partial charge in [0, 0.05) is 23.2 Å². The van der Waals surface area contributed by atoms with Crippen molar-refractivity contribution in [3.63, 3.8) is 0 Å². The second kappa shape index (κ2) is 5.95. The Morgan fingerprint density at radius 3 is 2.84 bits per heavy atom. The summed E-state index contributed by atoms with van der Waals surface area (Å²) in [5, 5.41) is 14.1. The first-order valence-corrected chi connectivity index (χ1v) is 6.88. The quantitative estimate of drug-likeness (QED) is 0.394. The van der Waals surface area contributed by atoms with Gasteiger partial charge >= 0.3 is 0 Å². The average Bonchev–Trinajstić information content (AvgIpc) is 2.90. The third kappa shape index (κ3) is 3.19. The molecule has 0 atom stereocenters. The Morgan fingerprint density at radius 1 is 1.47 bits per heavy atom. The van der Waals surface area contributed by atoms with Crippen LogP contribution in [-0.2, 0) is 6.54 Å². The van der Waals surface area contributed by atoms with Gasteiger partial charge in [0.1, 0.15) is 0 Å². The molecule has 0 saturated heterocycles. The molecule has 4 nitrogen and oxygen atoms in total. The van der Waals surface area contributed by atoms with Gasteiger partial charge in [-0.3, -0.25) is 0 Å². The highest BCUT2D eigenvalue weighted by molar-refractivity contribution is 7.09. The van der Waals surface area contributed by atoms with E-state index in [1.165, 1.54) is 4.88 Å². The minimum Gasteiger partial charge on any atom is -0.409 e. The zero-order chi connectivity index (χ0) is 13.8. The number of amidine groups is 1. The Balaban J connectivity index is 2.19. The first-order chi connectivity index (χ1) is 9.11. The number of nitrogens with zero attached hydrogens (tertiary/aromatic N) is 2. The molecule has 1 aromatic heterocycles. The second-order valence-electron chi connectivity index (χ2n) is 4.08. The van der Waals surface area contributed by atoms with E-state index >= 15 is 0 Å². The Morgan fingerprint density at radius 2 is 2.26 bits per heavy atom. The largest absolute Gasteiger partial charge is 0.409 e. The van der Waals surface area contributed by atoms with E-state index in [-0.39, 0.29) is 5.84 Å². The Hall–Kier alpha value is -1.72. The molecule has 2 aromatic rings. The molecule has 1 aromatic carbocycles. The van der Waals surface area contributed by atoms with Crippen LogP contribution in [-0.4, -0.2) is 18.1 Å². The smallest absolute Gasteiger partial charge is 0.171 e. The molecule has 0 spiro atoms. The van der Waals surface area contributed by atoms with Crippen LogP contribution >= 0.6 is 22.9 Å². The van der Waals surface area contributed by atoms with E-state index < -0.39 is 0 Å². The molecule has 0 aliphatic heterocycles. The van der Waals surface area contributed by atoms with Gasteiger partial charge < -0.3 is 15.8 Å². The normalized spacial score (nSPS) is 11.6. The van der Waals surface area contributed by atoms with Crippen LogP contribution in [0.3, 0.4) is 0 Å². The lowest BCUT2D eigenvalue weighted by Gasteiger charge is -2.19. The summed E-state index contributed by atoms with van der Waals surface area (Å²) in [6.45, 7) is 0.816. The van der Waals surface area contributed by atoms with Crippen molar-refractivity contribution >= 4 is 34.5 Å². The fourth-order valence-corrected chi connectivity index (χ4v) is 2.76. The van der Waals surface area contributed by atoms with E-state index in [4.69, 9.17) is 22.5 Å². The van der Waals surface area contributed by atoms with Gasteiger partial charge in [0.25, 0.3) is 0 Å². The number of rotatable bonds is 4. The molecule has 0 radical (unpaired) electrons. The summed E-state index contributed by atoms with van der Waals surface area (Å²) < 4.78 is 0. The fourth-order valence-electron chi connectivity index (χ4n) is 1.73. The molecule has 0 aliphatic carbocycles. The molecule has 100 valence electrons. The maximum atomic E-state index is 8.66. The lowest BCUT2D eigenvalue weighted by Crippen LogP contribution is -2.17. The first kappa shape index (κ1) is 13.7. The molecule has 6 heteroatoms. The molecule has 1 heterocycles. The van der Waals surface area contributed by atoms with Crippen LogP contribution in [0.1, 0.15) is 10.4 Å². The van der Waals surface area contributed by atoms with Crippen molar-refractivity contribution in [1.29, 1.82) is 0 Å². The summed E-state index contributed by atoms with van der Waals surface area (Å²) >= 11 is 7.85. The molecule has 0 bridgehead atoms. The third-order valence-electron chi connectivity index (χ3n) is 2.75. The molecule has 0 saturated carbocycles. The Kier molecular flexibility index (Phi) is 4.29. The molecule has 0 unspecified atom stereocenters. The van der Waals surface area contributed by atoms with Gasteiger partial charge in [-0.05, 0) is 29.6 Å². The van der Waals surface area contributed by atoms with Crippen molar-refractivity contribution in [3.8, 4) is 0 Å². The number of nitrogens with two attached hydrogens (primary N) is 1. The highest BCUT2D eigenvalue weighted by Crippen LogP contribution is 2.24. The number of oxime groups is 1. The minimum atomic E-state index is 0.0115. The highest BCUT2D eigenvalue weighted by atomic mass is 35.5. The van der Waals surface area contributed by atoms with Crippen molar-refractivity contribution in [2.75, 3.05) is 11.9 Å². The highest BCUT2D eigenvalue weighted by Gasteiger charge is 2.09. The molecular formula is C13H14ClN3OS. The van der Waals surface area contributed by atoms with E-state index in [9.17, 15) is 0 Å². The lowest BCUT2D eigenvalue weighted by atomic mass is 10.2. The Labute approximate surface area is 120 Å². The average molecular weight is 296 g/mol. The molecular weight excluding hydrogens is 282 g/mol. The van der Waals surface area contributed by atoms with Crippen LogP contribution in [0.5, 0.6) is 0 Å². The SMILES string of the molecule is CN(Cc1cccs1)c1ccc(C(N)=NO)c(Cl)c1. The van der Waals surface area contributed by atoms with Gasteiger partial charge in [-0.1, -0.05) is 22.8 Å². The number of anilines is 1. The van der Waals surface area contributed by atoms with Gasteiger partial charge in [0.05, 0.1) is 11.6 Å². The van der Waals surface area contributed by atoms with E-state index in [0.29, 0.717) is 10.6 Å². The summed E-state index contributed by atoms with van der Waals surface area (Å²) in [5.74, 6) is 0.0115. The van der Waals surface area contributed by atoms with Gasteiger partial charge in [0.2, 0.25) is 0 Å². The van der Waals surface area contributed by atoms with Crippen molar-refractivity contribution in [1.82, 2.24) is 0 Å². The molecule has 0 amide bonds. The fraction of sp³-hybridized carbons (Fsp3) is 0.154. The zero-order valence-electron chi connectivity index (χ0n) is 10.4. The molecule has 0 fully saturated rings. The number of hydrogen-bond acceptors (Lipinski definition) is 4. The van der Waals surface area contributed by atoms with E-state index in [2.05, 4.69) is 21.5 Å². The molecule has 3 N–H and O–H groups in total. The van der Waals surface area contributed by atoms with Crippen molar-refractivity contribution < 1.29 is 5.21 Å². The first-order valence-electron chi connectivity index (χ1n) is 5.63. The number of halogens is 1. The van der Waals surface area contributed by atoms with Crippen LogP contribution in [0.2, 0.25) is 5.02 Å². The lowest BCUT2D eigenvalue weighted by molar-refractivity contribution is 0.318. The standard InChI is InChI=1S/C13H14ClN3OS/c1-17(8-10-3-2-6-19-10)9-4-5-11(12(14)7-9)13(15)16-18/h2-7,18H,8H2,1H3,(H2,15,16). The van der Waals surface area contributed by atoms with Crippen molar-refractivity contribution in [2.24, 2.45) is 10.9 Å².